The van der Waals surface area contributed by atoms with E-state index < -0.39 is 0 Å². The van der Waals surface area contributed by atoms with Gasteiger partial charge >= 0.3 is 0 Å². The second-order valence-corrected chi connectivity index (χ2v) is 5.00. The first kappa shape index (κ1) is 8.95. The Balaban J connectivity index is 2.09. The van der Waals surface area contributed by atoms with Crippen LogP contribution in [0.2, 0.25) is 0 Å². The van der Waals surface area contributed by atoms with Crippen molar-refractivity contribution in [2.24, 2.45) is 0 Å². The molecule has 3 heteroatoms. The first-order valence-corrected chi connectivity index (χ1v) is 6.82. The van der Waals surface area contributed by atoms with E-state index in [0.29, 0.717) is 0 Å². The molecule has 0 aliphatic carbocycles. The minimum Gasteiger partial charge on any atom is -0.449 e. The number of allylic oxidation sites excluding steroid dienone is 2. The Hall–Kier alpha value is -1.32. The molecule has 0 amide bonds. The molecule has 74 valence electrons. The summed E-state index contributed by atoms with van der Waals surface area (Å²) in [7, 11) is 0. The van der Waals surface area contributed by atoms with E-state index >= 15 is 0 Å². The first-order valence-electron chi connectivity index (χ1n) is 4.50. The summed E-state index contributed by atoms with van der Waals surface area (Å²) in [5.41, 5.74) is 0. The Bertz CT molecular complexity index is 534. The lowest BCUT2D eigenvalue weighted by Crippen LogP contribution is -2.08. The molecular weight excluding hydrogens is 303 g/mol. The van der Waals surface area contributed by atoms with Crippen molar-refractivity contribution in [2.75, 3.05) is 0 Å². The maximum atomic E-state index is 5.73. The van der Waals surface area contributed by atoms with Crippen molar-refractivity contribution < 1.29 is 9.47 Å². The first-order chi connectivity index (χ1) is 7.43. The molecule has 0 radical (unpaired) electrons. The van der Waals surface area contributed by atoms with Gasteiger partial charge in [0.25, 0.3) is 0 Å². The van der Waals surface area contributed by atoms with Crippen LogP contribution in [0.3, 0.4) is 0 Å². The topological polar surface area (TPSA) is 18.5 Å². The summed E-state index contributed by atoms with van der Waals surface area (Å²) in [5.74, 6) is 3.07. The third-order valence-electron chi connectivity index (χ3n) is 2.06. The molecule has 1 aromatic carbocycles. The minimum atomic E-state index is -0.116. The normalized spacial score (nSPS) is 16.8. The molecule has 0 saturated heterocycles. The van der Waals surface area contributed by atoms with Crippen LogP contribution in [0.4, 0.5) is 0 Å². The van der Waals surface area contributed by atoms with Crippen LogP contribution in [0.15, 0.2) is 52.0 Å². The fourth-order valence-corrected chi connectivity index (χ4v) is 2.56. The lowest BCUT2D eigenvalue weighted by atomic mass is 10.2. The third kappa shape index (κ3) is 1.64. The van der Waals surface area contributed by atoms with Crippen molar-refractivity contribution in [3.05, 3.63) is 52.0 Å². The molecule has 15 heavy (non-hydrogen) atoms. The molecule has 0 bridgehead atoms. The van der Waals surface area contributed by atoms with Crippen LogP contribution in [-0.2, 0) is 0 Å². The lowest BCUT2D eigenvalue weighted by Gasteiger charge is -2.19. The standard InChI is InChI=1S/C12H7IO2/c1-2-4-10-9(3-1)14-11-5-7-13-8-6-12(11)15-10/h1-7H. The maximum absolute atomic E-state index is 5.73. The van der Waals surface area contributed by atoms with Gasteiger partial charge in [0, 0.05) is 6.08 Å². The Morgan fingerprint density at radius 2 is 1.73 bits per heavy atom. The zero-order chi connectivity index (χ0) is 10.1. The van der Waals surface area contributed by atoms with Gasteiger partial charge in [0.1, 0.15) is 0 Å². The highest BCUT2D eigenvalue weighted by molar-refractivity contribution is 14.2. The zero-order valence-corrected chi connectivity index (χ0v) is 9.89. The summed E-state index contributed by atoms with van der Waals surface area (Å²) >= 11 is -0.116. The minimum absolute atomic E-state index is 0.116. The highest BCUT2D eigenvalue weighted by atomic mass is 127. The van der Waals surface area contributed by atoms with Gasteiger partial charge in [-0.05, 0) is 43.0 Å². The van der Waals surface area contributed by atoms with Gasteiger partial charge in [-0.25, -0.2) is 0 Å². The van der Waals surface area contributed by atoms with Crippen molar-refractivity contribution >= 4 is 24.4 Å². The maximum Gasteiger partial charge on any atom is 0.178 e. The Kier molecular flexibility index (Phi) is 2.19. The summed E-state index contributed by atoms with van der Waals surface area (Å²) in [6.07, 6.45) is 3.84. The van der Waals surface area contributed by atoms with Gasteiger partial charge < -0.3 is 9.47 Å². The van der Waals surface area contributed by atoms with Crippen LogP contribution in [0, 0.1) is 0 Å². The Morgan fingerprint density at radius 3 is 2.53 bits per heavy atom. The summed E-state index contributed by atoms with van der Waals surface area (Å²) in [4.78, 5) is 0. The molecular formula is C12H7IO2. The highest BCUT2D eigenvalue weighted by Gasteiger charge is 2.18. The molecule has 0 N–H and O–H groups in total. The molecule has 0 saturated carbocycles. The number of halogens is 1. The van der Waals surface area contributed by atoms with E-state index in [0.717, 1.165) is 23.0 Å². The predicted molar refractivity (Wildman–Crippen MR) is 67.5 cm³/mol. The summed E-state index contributed by atoms with van der Waals surface area (Å²) in [6, 6.07) is 7.67. The molecule has 2 heterocycles. The zero-order valence-electron chi connectivity index (χ0n) is 7.74. The summed E-state index contributed by atoms with van der Waals surface area (Å²) < 4.78 is 16.8. The van der Waals surface area contributed by atoms with E-state index in [-0.39, 0.29) is 20.7 Å². The third-order valence-corrected chi connectivity index (χ3v) is 3.45. The number of hydrogen-bond acceptors (Lipinski definition) is 2. The quantitative estimate of drug-likeness (QED) is 0.686. The molecule has 0 atom stereocenters. The van der Waals surface area contributed by atoms with Crippen LogP contribution in [-0.4, -0.2) is 3.67 Å². The van der Waals surface area contributed by atoms with Gasteiger partial charge in [0.05, 0.1) is 0 Å². The number of hydrogen-bond donors (Lipinski definition) is 0. The molecule has 3 rings (SSSR count). The van der Waals surface area contributed by atoms with Crippen molar-refractivity contribution in [1.29, 1.82) is 0 Å². The highest BCUT2D eigenvalue weighted by Crippen LogP contribution is 2.35. The number of fused-ring (bicyclic) bond motifs is 1. The molecule has 0 fully saturated rings. The molecule has 2 nitrogen and oxygen atoms in total. The number of ether oxygens (including phenoxy) is 2. The van der Waals surface area contributed by atoms with Crippen LogP contribution < -0.4 is 9.47 Å². The van der Waals surface area contributed by atoms with Gasteiger partial charge in [0.2, 0.25) is 0 Å². The predicted octanol–water partition coefficient (Wildman–Crippen LogP) is 3.12. The van der Waals surface area contributed by atoms with Crippen molar-refractivity contribution in [2.45, 2.75) is 0 Å². The largest absolute Gasteiger partial charge is 0.449 e. The Morgan fingerprint density at radius 1 is 1.00 bits per heavy atom. The molecule has 0 spiro atoms. The molecule has 0 unspecified atom stereocenters. The second kappa shape index (κ2) is 3.68. The van der Waals surface area contributed by atoms with Crippen molar-refractivity contribution in [3.63, 3.8) is 0 Å². The van der Waals surface area contributed by atoms with E-state index in [4.69, 9.17) is 9.47 Å². The molecule has 1 aromatic rings. The second-order valence-electron chi connectivity index (χ2n) is 3.03. The number of para-hydroxylation sites is 2. The van der Waals surface area contributed by atoms with E-state index in [9.17, 15) is 0 Å². The number of rotatable bonds is 0. The van der Waals surface area contributed by atoms with Gasteiger partial charge in [-0.3, -0.25) is 0 Å². The van der Waals surface area contributed by atoms with Gasteiger partial charge in [0.15, 0.2) is 23.0 Å². The van der Waals surface area contributed by atoms with Crippen LogP contribution in [0.5, 0.6) is 11.5 Å². The smallest absolute Gasteiger partial charge is 0.178 e. The number of benzene rings is 1. The van der Waals surface area contributed by atoms with Gasteiger partial charge in [-0.2, -0.15) is 0 Å². The summed E-state index contributed by atoms with van der Waals surface area (Å²) in [6.45, 7) is 0. The SMILES string of the molecule is C1=CC2=C(C=CI=1)Oc1ccccc1O2. The van der Waals surface area contributed by atoms with Gasteiger partial charge in [-0.15, -0.1) is 0 Å². The van der Waals surface area contributed by atoms with E-state index in [1.54, 1.807) is 0 Å². The average molecular weight is 310 g/mol. The van der Waals surface area contributed by atoms with Crippen molar-refractivity contribution in [1.82, 2.24) is 0 Å². The summed E-state index contributed by atoms with van der Waals surface area (Å²) in [5, 5.41) is 0. The molecule has 2 aliphatic rings. The fraction of sp³-hybridized carbons (Fsp3) is 0. The molecule has 0 aromatic heterocycles. The van der Waals surface area contributed by atoms with Crippen LogP contribution >= 0.6 is 20.7 Å². The van der Waals surface area contributed by atoms with Crippen LogP contribution in [0.1, 0.15) is 0 Å². The molecule has 2 aliphatic heterocycles. The van der Waals surface area contributed by atoms with Gasteiger partial charge in [-0.1, -0.05) is 15.8 Å². The average Bonchev–Trinajstić information content (AvgIpc) is 2.50. The monoisotopic (exact) mass is 310 g/mol. The van der Waals surface area contributed by atoms with E-state index in [1.807, 2.05) is 36.4 Å². The Labute approximate surface area is 97.3 Å². The van der Waals surface area contributed by atoms with Crippen LogP contribution in [0.25, 0.3) is 0 Å². The van der Waals surface area contributed by atoms with E-state index in [1.165, 1.54) is 0 Å². The van der Waals surface area contributed by atoms with Crippen molar-refractivity contribution in [3.8, 4) is 11.5 Å². The lowest BCUT2D eigenvalue weighted by molar-refractivity contribution is 0.317. The fourth-order valence-electron chi connectivity index (χ4n) is 1.38. The van der Waals surface area contributed by atoms with E-state index in [2.05, 4.69) is 7.75 Å².